The van der Waals surface area contributed by atoms with E-state index in [9.17, 15) is 9.59 Å². The molecule has 7 heteroatoms. The molecule has 3 saturated heterocycles. The van der Waals surface area contributed by atoms with Crippen molar-refractivity contribution in [2.24, 2.45) is 5.92 Å². The summed E-state index contributed by atoms with van der Waals surface area (Å²) >= 11 is -0.846. The maximum absolute atomic E-state index is 12.8. The second-order valence-electron chi connectivity index (χ2n) is 8.03. The molecule has 1 aromatic carbocycles. The van der Waals surface area contributed by atoms with E-state index in [-0.39, 0.29) is 23.1 Å². The summed E-state index contributed by atoms with van der Waals surface area (Å²) in [4.78, 5) is 32.0. The number of benzene rings is 1. The van der Waals surface area contributed by atoms with E-state index in [1.54, 1.807) is 0 Å². The first-order chi connectivity index (χ1) is 13.6. The maximum Gasteiger partial charge on any atom is 0.0110 e. The quantitative estimate of drug-likeness (QED) is 0.255. The topological polar surface area (TPSA) is 43.9 Å². The Balaban J connectivity index is 1.22. The Hall–Kier alpha value is -0.260. The van der Waals surface area contributed by atoms with Crippen molar-refractivity contribution in [3.63, 3.8) is 0 Å². The number of likely N-dealkylation sites (N-methyl/N-ethyl adjacent to an activating group) is 1. The molecular formula is C21H30I2N3O2-. The molecule has 4 rings (SSSR count). The van der Waals surface area contributed by atoms with Crippen LogP contribution in [0.3, 0.4) is 0 Å². The predicted molar refractivity (Wildman–Crippen MR) is 117 cm³/mol. The number of hydrogen-bond donors (Lipinski definition) is 0. The van der Waals surface area contributed by atoms with E-state index in [2.05, 4.69) is 16.8 Å². The molecule has 156 valence electrons. The predicted octanol–water partition coefficient (Wildman–Crippen LogP) is -0.202. The molecule has 28 heavy (non-hydrogen) atoms. The first-order valence-corrected chi connectivity index (χ1v) is 20.6. The molecule has 0 unspecified atom stereocenters. The molecule has 0 aromatic heterocycles. The molecule has 0 aliphatic carbocycles. The standard InChI is InChI=1S/C21H30I2N3O2/c1-24-12-14-25(15-13-24)9-6-17-7-10-26(11-8-17)21(28)19-4-2-18(3-5-19)20(27)23-16-22-23/h2-5,17H,6-16H2,1H3/q-1. The Labute approximate surface area is 181 Å². The molecule has 0 spiro atoms. The number of carbonyl (C=O) groups excluding carboxylic acids is 2. The van der Waals surface area contributed by atoms with Crippen molar-refractivity contribution < 1.29 is 26.8 Å². The molecule has 0 bridgehead atoms. The van der Waals surface area contributed by atoms with E-state index in [0.29, 0.717) is 3.79 Å². The fraction of sp³-hybridized carbons (Fsp3) is 0.619. The summed E-state index contributed by atoms with van der Waals surface area (Å²) in [5.41, 5.74) is 1.59. The summed E-state index contributed by atoms with van der Waals surface area (Å²) in [7, 11) is 2.20. The zero-order valence-corrected chi connectivity index (χ0v) is 20.9. The van der Waals surface area contributed by atoms with Gasteiger partial charge in [-0.3, -0.25) is 0 Å². The van der Waals surface area contributed by atoms with Crippen LogP contribution in [0.25, 0.3) is 0 Å². The molecule has 5 nitrogen and oxygen atoms in total. The first-order valence-electron chi connectivity index (χ1n) is 10.2. The number of amides is 1. The Morgan fingerprint density at radius 1 is 1.00 bits per heavy atom. The van der Waals surface area contributed by atoms with Crippen molar-refractivity contribution in [2.75, 3.05) is 55.3 Å². The van der Waals surface area contributed by atoms with Crippen LogP contribution in [0.2, 0.25) is 0 Å². The Morgan fingerprint density at radius 2 is 1.61 bits per heavy atom. The Bertz CT molecular complexity index is 692. The maximum atomic E-state index is 12.8. The van der Waals surface area contributed by atoms with Gasteiger partial charge in [0.25, 0.3) is 0 Å². The van der Waals surface area contributed by atoms with E-state index in [1.807, 2.05) is 29.2 Å². The van der Waals surface area contributed by atoms with Crippen molar-refractivity contribution >= 4 is 25.5 Å². The van der Waals surface area contributed by atoms with Gasteiger partial charge in [-0.2, -0.15) is 0 Å². The smallest absolute Gasteiger partial charge is 0.0107 e. The molecule has 0 atom stereocenters. The molecule has 3 aliphatic heterocycles. The average molecular weight is 610 g/mol. The summed E-state index contributed by atoms with van der Waals surface area (Å²) < 4.78 is 1.73. The zero-order valence-electron chi connectivity index (χ0n) is 16.6. The molecule has 1 amide bonds. The summed E-state index contributed by atoms with van der Waals surface area (Å²) in [5.74, 6) is 0.880. The van der Waals surface area contributed by atoms with Crippen LogP contribution in [0.4, 0.5) is 0 Å². The summed E-state index contributed by atoms with van der Waals surface area (Å²) in [6.07, 6.45) is 3.50. The Kier molecular flexibility index (Phi) is 7.27. The van der Waals surface area contributed by atoms with Crippen LogP contribution < -0.4 is 17.2 Å². The minimum Gasteiger partial charge on any atom is 0.0107 e. The molecule has 0 radical (unpaired) electrons. The van der Waals surface area contributed by atoms with Crippen LogP contribution in [0.1, 0.15) is 40.0 Å². The number of halogens is 2. The van der Waals surface area contributed by atoms with Gasteiger partial charge in [-0.1, -0.05) is 0 Å². The number of alkyl halides is 2. The van der Waals surface area contributed by atoms with Gasteiger partial charge in [0.1, 0.15) is 0 Å². The minimum atomic E-state index is -1.14. The van der Waals surface area contributed by atoms with Gasteiger partial charge in [-0.25, -0.2) is 0 Å². The molecule has 3 fully saturated rings. The number of nitrogens with zero attached hydrogens (tertiary/aromatic N) is 3. The monoisotopic (exact) mass is 610 g/mol. The first kappa shape index (κ1) is 21.0. The SMILES string of the molecule is CN1CCN(CCC2CCN(C(=O)c3ccc(C(=O)I4C[I-]4)cc3)CC2)CC1. The minimum absolute atomic E-state index is 0.133. The van der Waals surface area contributed by atoms with Crippen LogP contribution in [0, 0.1) is 5.92 Å². The fourth-order valence-electron chi connectivity index (χ4n) is 4.02. The summed E-state index contributed by atoms with van der Waals surface area (Å²) in [5, 5.41) is 0. The summed E-state index contributed by atoms with van der Waals surface area (Å²) in [6.45, 7) is 7.69. The fourth-order valence-corrected chi connectivity index (χ4v) is 16.4. The van der Waals surface area contributed by atoms with Gasteiger partial charge in [-0.15, -0.1) is 0 Å². The molecule has 3 heterocycles. The van der Waals surface area contributed by atoms with Gasteiger partial charge in [0.15, 0.2) is 0 Å². The van der Waals surface area contributed by atoms with E-state index in [4.69, 9.17) is 0 Å². The molecule has 3 aliphatic rings. The van der Waals surface area contributed by atoms with Gasteiger partial charge in [0, 0.05) is 26.2 Å². The largest absolute Gasteiger partial charge is 0.0110 e. The van der Waals surface area contributed by atoms with E-state index < -0.39 is 15.8 Å². The third-order valence-electron chi connectivity index (χ3n) is 6.10. The Morgan fingerprint density at radius 3 is 2.21 bits per heavy atom. The van der Waals surface area contributed by atoms with Gasteiger partial charge < -0.3 is 9.80 Å². The normalized spacial score (nSPS) is 23.3. The van der Waals surface area contributed by atoms with Crippen molar-refractivity contribution in [1.29, 1.82) is 0 Å². The van der Waals surface area contributed by atoms with E-state index >= 15 is 0 Å². The van der Waals surface area contributed by atoms with Crippen molar-refractivity contribution in [2.45, 2.75) is 19.3 Å². The summed E-state index contributed by atoms with van der Waals surface area (Å²) in [6, 6.07) is 7.51. The number of carbonyl (C=O) groups is 2. The third kappa shape index (κ3) is 5.46. The van der Waals surface area contributed by atoms with Crippen LogP contribution >= 0.6 is 15.8 Å². The van der Waals surface area contributed by atoms with Gasteiger partial charge in [-0.05, 0) is 7.05 Å². The molecule has 0 N–H and O–H groups in total. The number of likely N-dealkylation sites (tertiary alicyclic amines) is 1. The van der Waals surface area contributed by atoms with Gasteiger partial charge in [0.2, 0.25) is 0 Å². The number of piperazine rings is 1. The van der Waals surface area contributed by atoms with E-state index in [1.165, 1.54) is 41.6 Å². The zero-order chi connectivity index (χ0) is 19.5. The van der Waals surface area contributed by atoms with Crippen molar-refractivity contribution in [3.05, 3.63) is 35.4 Å². The number of piperidine rings is 1. The third-order valence-corrected chi connectivity index (χ3v) is 19.2. The van der Waals surface area contributed by atoms with Gasteiger partial charge >= 0.3 is 140 Å². The van der Waals surface area contributed by atoms with Crippen LogP contribution in [-0.4, -0.2) is 79.7 Å². The second kappa shape index (κ2) is 9.70. The van der Waals surface area contributed by atoms with Crippen LogP contribution in [0.5, 0.6) is 0 Å². The van der Waals surface area contributed by atoms with Crippen molar-refractivity contribution in [1.82, 2.24) is 14.7 Å². The van der Waals surface area contributed by atoms with Crippen molar-refractivity contribution in [3.8, 4) is 0 Å². The molecular weight excluding hydrogens is 580 g/mol. The molecule has 1 aromatic rings. The van der Waals surface area contributed by atoms with Crippen LogP contribution in [-0.2, 0) is 0 Å². The van der Waals surface area contributed by atoms with E-state index in [0.717, 1.165) is 43.0 Å². The number of hydrogen-bond acceptors (Lipinski definition) is 4. The average Bonchev–Trinajstić information content (AvgIpc) is 3.58. The second-order valence-corrected chi connectivity index (χ2v) is 26.2. The van der Waals surface area contributed by atoms with Crippen LogP contribution in [0.15, 0.2) is 24.3 Å². The molecule has 0 saturated carbocycles. The van der Waals surface area contributed by atoms with Gasteiger partial charge in [0.05, 0.1) is 0 Å². The number of rotatable bonds is 6.